The lowest BCUT2D eigenvalue weighted by Gasteiger charge is -2.17. The first-order valence-electron chi connectivity index (χ1n) is 5.75. The molecule has 1 rings (SSSR count). The molecule has 0 aliphatic carbocycles. The van der Waals surface area contributed by atoms with Crippen molar-refractivity contribution in [3.8, 4) is 0 Å². The Morgan fingerprint density at radius 2 is 2.33 bits per heavy atom. The lowest BCUT2D eigenvalue weighted by atomic mass is 9.97. The minimum Gasteiger partial charge on any atom is -0.377 e. The van der Waals surface area contributed by atoms with Gasteiger partial charge in [0.15, 0.2) is 0 Å². The van der Waals surface area contributed by atoms with E-state index in [9.17, 15) is 4.79 Å². The standard InChI is InChI=1S/C11H22N2O2/c1-4-15-9(3)6-13-11(14)10-7-12-5-8(10)2/h8-10,12H,4-7H2,1-3H3,(H,13,14)/t8-,9?,10-/m1/s1. The van der Waals surface area contributed by atoms with Crippen molar-refractivity contribution in [2.75, 3.05) is 26.2 Å². The van der Waals surface area contributed by atoms with Gasteiger partial charge in [0.05, 0.1) is 12.0 Å². The summed E-state index contributed by atoms with van der Waals surface area (Å²) in [6.45, 7) is 9.08. The molecular formula is C11H22N2O2. The quantitative estimate of drug-likeness (QED) is 0.696. The van der Waals surface area contributed by atoms with Gasteiger partial charge < -0.3 is 15.4 Å². The summed E-state index contributed by atoms with van der Waals surface area (Å²) in [6.07, 6.45) is 0.101. The molecule has 88 valence electrons. The molecule has 4 nitrogen and oxygen atoms in total. The van der Waals surface area contributed by atoms with E-state index in [1.807, 2.05) is 13.8 Å². The van der Waals surface area contributed by atoms with E-state index >= 15 is 0 Å². The molecule has 1 unspecified atom stereocenters. The number of rotatable bonds is 5. The van der Waals surface area contributed by atoms with Crippen LogP contribution in [0.15, 0.2) is 0 Å². The molecule has 0 aromatic carbocycles. The third-order valence-electron chi connectivity index (χ3n) is 2.87. The average molecular weight is 214 g/mol. The molecule has 2 N–H and O–H groups in total. The van der Waals surface area contributed by atoms with Crippen LogP contribution in [-0.2, 0) is 9.53 Å². The fraction of sp³-hybridized carbons (Fsp3) is 0.909. The summed E-state index contributed by atoms with van der Waals surface area (Å²) in [5.41, 5.74) is 0. The predicted octanol–water partition coefficient (Wildman–Crippen LogP) is 0.383. The number of ether oxygens (including phenoxy) is 1. The molecule has 0 saturated carbocycles. The Hall–Kier alpha value is -0.610. The fourth-order valence-electron chi connectivity index (χ4n) is 1.88. The van der Waals surface area contributed by atoms with E-state index in [1.54, 1.807) is 0 Å². The van der Waals surface area contributed by atoms with Crippen molar-refractivity contribution in [3.63, 3.8) is 0 Å². The second-order valence-electron chi connectivity index (χ2n) is 4.25. The highest BCUT2D eigenvalue weighted by atomic mass is 16.5. The zero-order chi connectivity index (χ0) is 11.3. The van der Waals surface area contributed by atoms with Gasteiger partial charge in [-0.25, -0.2) is 0 Å². The van der Waals surface area contributed by atoms with Gasteiger partial charge in [-0.3, -0.25) is 4.79 Å². The molecule has 1 fully saturated rings. The third-order valence-corrected chi connectivity index (χ3v) is 2.87. The fourth-order valence-corrected chi connectivity index (χ4v) is 1.88. The van der Waals surface area contributed by atoms with E-state index in [1.165, 1.54) is 0 Å². The van der Waals surface area contributed by atoms with Crippen LogP contribution in [0.25, 0.3) is 0 Å². The number of hydrogen-bond acceptors (Lipinski definition) is 3. The number of carbonyl (C=O) groups is 1. The molecule has 0 aromatic heterocycles. The van der Waals surface area contributed by atoms with Gasteiger partial charge in [0, 0.05) is 19.7 Å². The summed E-state index contributed by atoms with van der Waals surface area (Å²) in [5, 5.41) is 6.16. The van der Waals surface area contributed by atoms with Crippen LogP contribution in [0.1, 0.15) is 20.8 Å². The van der Waals surface area contributed by atoms with Gasteiger partial charge in [0.1, 0.15) is 0 Å². The molecule has 1 aliphatic heterocycles. The van der Waals surface area contributed by atoms with Crippen LogP contribution in [0.4, 0.5) is 0 Å². The van der Waals surface area contributed by atoms with E-state index in [4.69, 9.17) is 4.74 Å². The van der Waals surface area contributed by atoms with Crippen LogP contribution in [0.2, 0.25) is 0 Å². The molecule has 0 bridgehead atoms. The van der Waals surface area contributed by atoms with E-state index in [0.717, 1.165) is 13.1 Å². The van der Waals surface area contributed by atoms with Crippen molar-refractivity contribution >= 4 is 5.91 Å². The highest BCUT2D eigenvalue weighted by Crippen LogP contribution is 2.15. The summed E-state index contributed by atoms with van der Waals surface area (Å²) >= 11 is 0. The maximum Gasteiger partial charge on any atom is 0.224 e. The first kappa shape index (κ1) is 12.5. The third kappa shape index (κ3) is 3.80. The molecule has 0 spiro atoms. The molecule has 1 saturated heterocycles. The second kappa shape index (κ2) is 6.08. The first-order chi connectivity index (χ1) is 7.15. The van der Waals surface area contributed by atoms with Gasteiger partial charge in [-0.15, -0.1) is 0 Å². The summed E-state index contributed by atoms with van der Waals surface area (Å²) in [5.74, 6) is 0.713. The van der Waals surface area contributed by atoms with Crippen LogP contribution in [0.3, 0.4) is 0 Å². The monoisotopic (exact) mass is 214 g/mol. The topological polar surface area (TPSA) is 50.4 Å². The maximum atomic E-state index is 11.8. The Labute approximate surface area is 91.8 Å². The van der Waals surface area contributed by atoms with Gasteiger partial charge in [-0.2, -0.15) is 0 Å². The van der Waals surface area contributed by atoms with Crippen LogP contribution in [-0.4, -0.2) is 38.3 Å². The van der Waals surface area contributed by atoms with Gasteiger partial charge in [-0.05, 0) is 26.3 Å². The summed E-state index contributed by atoms with van der Waals surface area (Å²) in [4.78, 5) is 11.8. The van der Waals surface area contributed by atoms with Crippen molar-refractivity contribution < 1.29 is 9.53 Å². The largest absolute Gasteiger partial charge is 0.377 e. The minimum atomic E-state index is 0.101. The van der Waals surface area contributed by atoms with Crippen molar-refractivity contribution in [1.29, 1.82) is 0 Å². The van der Waals surface area contributed by atoms with Gasteiger partial charge >= 0.3 is 0 Å². The molecule has 3 atom stereocenters. The van der Waals surface area contributed by atoms with Crippen molar-refractivity contribution in [1.82, 2.24) is 10.6 Å². The Morgan fingerprint density at radius 1 is 1.60 bits per heavy atom. The minimum absolute atomic E-state index is 0.101. The summed E-state index contributed by atoms with van der Waals surface area (Å²) in [7, 11) is 0. The predicted molar refractivity (Wildman–Crippen MR) is 59.6 cm³/mol. The van der Waals surface area contributed by atoms with Gasteiger partial charge in [0.2, 0.25) is 5.91 Å². The SMILES string of the molecule is CCOC(C)CNC(=O)[C@@H]1CNC[C@H]1C. The number of carbonyl (C=O) groups excluding carboxylic acids is 1. The molecule has 4 heteroatoms. The van der Waals surface area contributed by atoms with Crippen molar-refractivity contribution in [2.45, 2.75) is 26.9 Å². The van der Waals surface area contributed by atoms with Crippen LogP contribution in [0, 0.1) is 11.8 Å². The highest BCUT2D eigenvalue weighted by Gasteiger charge is 2.29. The Kier molecular flexibility index (Phi) is 5.05. The Bertz CT molecular complexity index is 209. The average Bonchev–Trinajstić information content (AvgIpc) is 2.61. The van der Waals surface area contributed by atoms with Gasteiger partial charge in [0.25, 0.3) is 0 Å². The number of nitrogens with one attached hydrogen (secondary N) is 2. The Morgan fingerprint density at radius 3 is 2.87 bits per heavy atom. The molecule has 15 heavy (non-hydrogen) atoms. The van der Waals surface area contributed by atoms with Crippen molar-refractivity contribution in [3.05, 3.63) is 0 Å². The van der Waals surface area contributed by atoms with Crippen LogP contribution in [0.5, 0.6) is 0 Å². The maximum absolute atomic E-state index is 11.8. The first-order valence-corrected chi connectivity index (χ1v) is 5.75. The molecule has 0 radical (unpaired) electrons. The second-order valence-corrected chi connectivity index (χ2v) is 4.25. The molecule has 1 heterocycles. The van der Waals surface area contributed by atoms with E-state index in [2.05, 4.69) is 17.6 Å². The molecule has 1 amide bonds. The van der Waals surface area contributed by atoms with E-state index in [-0.39, 0.29) is 17.9 Å². The zero-order valence-corrected chi connectivity index (χ0v) is 9.88. The van der Waals surface area contributed by atoms with Crippen LogP contribution >= 0.6 is 0 Å². The van der Waals surface area contributed by atoms with Crippen LogP contribution < -0.4 is 10.6 Å². The lowest BCUT2D eigenvalue weighted by Crippen LogP contribution is -2.38. The molecule has 1 aliphatic rings. The molecule has 0 aromatic rings. The number of hydrogen-bond donors (Lipinski definition) is 2. The lowest BCUT2D eigenvalue weighted by molar-refractivity contribution is -0.126. The van der Waals surface area contributed by atoms with E-state index in [0.29, 0.717) is 19.1 Å². The zero-order valence-electron chi connectivity index (χ0n) is 9.88. The normalized spacial score (nSPS) is 27.7. The van der Waals surface area contributed by atoms with E-state index < -0.39 is 0 Å². The smallest absolute Gasteiger partial charge is 0.224 e. The van der Waals surface area contributed by atoms with Gasteiger partial charge in [-0.1, -0.05) is 6.92 Å². The highest BCUT2D eigenvalue weighted by molar-refractivity contribution is 5.79. The number of amides is 1. The Balaban J connectivity index is 2.23. The van der Waals surface area contributed by atoms with Crippen molar-refractivity contribution in [2.24, 2.45) is 11.8 Å². The molecular weight excluding hydrogens is 192 g/mol. The summed E-state index contributed by atoms with van der Waals surface area (Å²) < 4.78 is 5.35. The summed E-state index contributed by atoms with van der Waals surface area (Å²) in [6, 6.07) is 0.